The maximum atomic E-state index is 6.40. The minimum atomic E-state index is 0.224. The summed E-state index contributed by atoms with van der Waals surface area (Å²) in [4.78, 5) is 0. The third-order valence-electron chi connectivity index (χ3n) is 2.91. The van der Waals surface area contributed by atoms with Crippen LogP contribution in [0.2, 0.25) is 0 Å². The summed E-state index contributed by atoms with van der Waals surface area (Å²) in [5.41, 5.74) is 1.36. The molecule has 0 N–H and O–H groups in total. The zero-order valence-corrected chi connectivity index (χ0v) is 9.85. The molecule has 0 spiro atoms. The van der Waals surface area contributed by atoms with E-state index in [1.165, 1.54) is 5.56 Å². The van der Waals surface area contributed by atoms with Crippen molar-refractivity contribution in [2.75, 3.05) is 6.61 Å². The van der Waals surface area contributed by atoms with E-state index in [1.807, 2.05) is 0 Å². The monoisotopic (exact) mass is 230 g/mol. The smallest absolute Gasteiger partial charge is 0.0590 e. The van der Waals surface area contributed by atoms with Crippen LogP contribution in [0.4, 0.5) is 0 Å². The largest absolute Gasteiger partial charge is 0.378 e. The highest BCUT2D eigenvalue weighted by molar-refractivity contribution is 7.07. The molecule has 14 heavy (non-hydrogen) atoms. The Morgan fingerprint density at radius 3 is 3.14 bits per heavy atom. The van der Waals surface area contributed by atoms with Crippen molar-refractivity contribution < 1.29 is 4.74 Å². The van der Waals surface area contributed by atoms with Crippen molar-refractivity contribution in [3.63, 3.8) is 0 Å². The van der Waals surface area contributed by atoms with Crippen molar-refractivity contribution in [3.05, 3.63) is 22.4 Å². The molecule has 0 bridgehead atoms. The van der Waals surface area contributed by atoms with Crippen molar-refractivity contribution in [1.29, 1.82) is 0 Å². The Morgan fingerprint density at radius 2 is 2.57 bits per heavy atom. The van der Waals surface area contributed by atoms with Gasteiger partial charge in [0.2, 0.25) is 0 Å². The number of rotatable bonds is 3. The Balaban J connectivity index is 1.92. The third kappa shape index (κ3) is 2.30. The Bertz CT molecular complexity index is 273. The molecule has 1 aromatic heterocycles. The van der Waals surface area contributed by atoms with Crippen molar-refractivity contribution in [2.45, 2.75) is 31.2 Å². The van der Waals surface area contributed by atoms with Crippen LogP contribution < -0.4 is 0 Å². The van der Waals surface area contributed by atoms with Crippen LogP contribution >= 0.6 is 22.9 Å². The van der Waals surface area contributed by atoms with Gasteiger partial charge in [0.1, 0.15) is 0 Å². The van der Waals surface area contributed by atoms with E-state index in [1.54, 1.807) is 11.3 Å². The van der Waals surface area contributed by atoms with Gasteiger partial charge < -0.3 is 4.74 Å². The number of thiophene rings is 1. The summed E-state index contributed by atoms with van der Waals surface area (Å²) in [6.45, 7) is 3.00. The molecule has 3 atom stereocenters. The fourth-order valence-corrected chi connectivity index (χ4v) is 3.20. The highest BCUT2D eigenvalue weighted by Crippen LogP contribution is 2.29. The number of alkyl halides is 1. The molecule has 1 nitrogen and oxygen atoms in total. The molecule has 0 radical (unpaired) electrons. The Labute approximate surface area is 94.0 Å². The molecule has 0 amide bonds. The highest BCUT2D eigenvalue weighted by Gasteiger charge is 2.30. The number of halogens is 1. The van der Waals surface area contributed by atoms with E-state index in [-0.39, 0.29) is 5.38 Å². The first kappa shape index (κ1) is 10.5. The van der Waals surface area contributed by atoms with Gasteiger partial charge in [-0.1, -0.05) is 0 Å². The van der Waals surface area contributed by atoms with E-state index in [4.69, 9.17) is 16.3 Å². The van der Waals surface area contributed by atoms with Crippen LogP contribution in [0, 0.1) is 5.92 Å². The fraction of sp³-hybridized carbons (Fsp3) is 0.636. The standard InChI is InChI=1S/C11H15ClOS/c1-8-10(2-4-13-8)11(12)6-9-3-5-14-7-9/h3,5,7-8,10-11H,2,4,6H2,1H3. The molecule has 3 unspecified atom stereocenters. The van der Waals surface area contributed by atoms with Crippen LogP contribution in [0.3, 0.4) is 0 Å². The zero-order chi connectivity index (χ0) is 9.97. The molecule has 2 rings (SSSR count). The quantitative estimate of drug-likeness (QED) is 0.724. The SMILES string of the molecule is CC1OCCC1C(Cl)Cc1ccsc1. The molecule has 0 aliphatic carbocycles. The Kier molecular flexibility index (Phi) is 3.47. The highest BCUT2D eigenvalue weighted by atomic mass is 35.5. The maximum Gasteiger partial charge on any atom is 0.0590 e. The predicted octanol–water partition coefficient (Wildman–Crippen LogP) is 3.32. The normalized spacial score (nSPS) is 29.3. The number of hydrogen-bond donors (Lipinski definition) is 0. The molecule has 3 heteroatoms. The average molecular weight is 231 g/mol. The van der Waals surface area contributed by atoms with Gasteiger partial charge in [-0.15, -0.1) is 11.6 Å². The van der Waals surface area contributed by atoms with Crippen LogP contribution in [-0.2, 0) is 11.2 Å². The van der Waals surface area contributed by atoms with Gasteiger partial charge in [0.15, 0.2) is 0 Å². The summed E-state index contributed by atoms with van der Waals surface area (Å²) in [6.07, 6.45) is 2.42. The molecule has 1 aliphatic rings. The van der Waals surface area contributed by atoms with Gasteiger partial charge >= 0.3 is 0 Å². The molecule has 1 aromatic rings. The third-order valence-corrected chi connectivity index (χ3v) is 4.12. The number of hydrogen-bond acceptors (Lipinski definition) is 2. The topological polar surface area (TPSA) is 9.23 Å². The first-order valence-corrected chi connectivity index (χ1v) is 6.42. The molecular weight excluding hydrogens is 216 g/mol. The van der Waals surface area contributed by atoms with E-state index < -0.39 is 0 Å². The molecule has 1 saturated heterocycles. The lowest BCUT2D eigenvalue weighted by atomic mass is 9.94. The second-order valence-corrected chi connectivity index (χ2v) is 5.22. The average Bonchev–Trinajstić information content (AvgIpc) is 2.75. The summed E-state index contributed by atoms with van der Waals surface area (Å²) < 4.78 is 5.52. The van der Waals surface area contributed by atoms with Gasteiger partial charge in [-0.25, -0.2) is 0 Å². The van der Waals surface area contributed by atoms with Crippen molar-refractivity contribution in [1.82, 2.24) is 0 Å². The Morgan fingerprint density at radius 1 is 1.71 bits per heavy atom. The van der Waals surface area contributed by atoms with E-state index >= 15 is 0 Å². The van der Waals surface area contributed by atoms with Crippen LogP contribution in [0.5, 0.6) is 0 Å². The molecule has 2 heterocycles. The van der Waals surface area contributed by atoms with Gasteiger partial charge in [0.25, 0.3) is 0 Å². The van der Waals surface area contributed by atoms with Gasteiger partial charge in [-0.3, -0.25) is 0 Å². The second-order valence-electron chi connectivity index (χ2n) is 3.88. The zero-order valence-electron chi connectivity index (χ0n) is 8.28. The summed E-state index contributed by atoms with van der Waals surface area (Å²) in [5.74, 6) is 0.525. The van der Waals surface area contributed by atoms with Gasteiger partial charge in [0, 0.05) is 17.9 Å². The van der Waals surface area contributed by atoms with Crippen molar-refractivity contribution in [3.8, 4) is 0 Å². The number of ether oxygens (including phenoxy) is 1. The van der Waals surface area contributed by atoms with Crippen LogP contribution in [0.25, 0.3) is 0 Å². The second kappa shape index (κ2) is 4.65. The summed E-state index contributed by atoms with van der Waals surface area (Å²) in [5, 5.41) is 4.51. The Hall–Kier alpha value is -0.0500. The van der Waals surface area contributed by atoms with E-state index in [0.717, 1.165) is 19.4 Å². The van der Waals surface area contributed by atoms with Crippen LogP contribution in [-0.4, -0.2) is 18.1 Å². The van der Waals surface area contributed by atoms with Crippen molar-refractivity contribution in [2.24, 2.45) is 5.92 Å². The molecule has 0 aromatic carbocycles. The minimum Gasteiger partial charge on any atom is -0.378 e. The molecule has 1 fully saturated rings. The van der Waals surface area contributed by atoms with E-state index in [9.17, 15) is 0 Å². The van der Waals surface area contributed by atoms with E-state index in [2.05, 4.69) is 23.8 Å². The van der Waals surface area contributed by atoms with Crippen LogP contribution in [0.15, 0.2) is 16.8 Å². The van der Waals surface area contributed by atoms with Crippen molar-refractivity contribution >= 4 is 22.9 Å². The first-order valence-electron chi connectivity index (χ1n) is 5.04. The lowest BCUT2D eigenvalue weighted by Gasteiger charge is -2.19. The van der Waals surface area contributed by atoms with Gasteiger partial charge in [-0.05, 0) is 42.2 Å². The maximum absolute atomic E-state index is 6.40. The van der Waals surface area contributed by atoms with Crippen LogP contribution in [0.1, 0.15) is 18.9 Å². The van der Waals surface area contributed by atoms with Gasteiger partial charge in [0.05, 0.1) is 6.10 Å². The van der Waals surface area contributed by atoms with Gasteiger partial charge in [-0.2, -0.15) is 11.3 Å². The molecular formula is C11H15ClOS. The lowest BCUT2D eigenvalue weighted by Crippen LogP contribution is -2.23. The molecule has 0 saturated carbocycles. The summed E-state index contributed by atoms with van der Waals surface area (Å²) >= 11 is 8.13. The van der Waals surface area contributed by atoms with E-state index in [0.29, 0.717) is 12.0 Å². The lowest BCUT2D eigenvalue weighted by molar-refractivity contribution is 0.105. The summed E-state index contributed by atoms with van der Waals surface area (Å²) in [7, 11) is 0. The fourth-order valence-electron chi connectivity index (χ4n) is 2.01. The first-order chi connectivity index (χ1) is 6.77. The molecule has 78 valence electrons. The predicted molar refractivity (Wildman–Crippen MR) is 61.2 cm³/mol. The summed E-state index contributed by atoms with van der Waals surface area (Å²) in [6, 6.07) is 2.15. The molecule has 1 aliphatic heterocycles. The minimum absolute atomic E-state index is 0.224.